The maximum Gasteiger partial charge on any atom is 0.0797 e. The van der Waals surface area contributed by atoms with E-state index in [0.29, 0.717) is 26.1 Å². The third-order valence-electron chi connectivity index (χ3n) is 4.99. The van der Waals surface area contributed by atoms with E-state index in [1.54, 1.807) is 6.20 Å². The smallest absolute Gasteiger partial charge is 0.0797 e. The Morgan fingerprint density at radius 1 is 0.586 bits per heavy atom. The Kier molecular flexibility index (Phi) is 24.9. The summed E-state index contributed by atoms with van der Waals surface area (Å²) >= 11 is 0. The van der Waals surface area contributed by atoms with Crippen molar-refractivity contribution >= 4 is 0 Å². The molecule has 0 rings (SSSR count). The first-order chi connectivity index (χ1) is 14.3. The number of hydrogen-bond acceptors (Lipinski definition) is 5. The Bertz CT molecular complexity index is 316. The van der Waals surface area contributed by atoms with E-state index < -0.39 is 0 Å². The number of hydroxylamine groups is 2. The summed E-state index contributed by atoms with van der Waals surface area (Å²) in [7, 11) is 0. The van der Waals surface area contributed by atoms with Crippen LogP contribution in [0.1, 0.15) is 116 Å². The van der Waals surface area contributed by atoms with Gasteiger partial charge in [-0.05, 0) is 25.7 Å². The van der Waals surface area contributed by atoms with E-state index in [2.05, 4.69) is 13.0 Å². The molecular weight excluding hydrogens is 366 g/mol. The summed E-state index contributed by atoms with van der Waals surface area (Å²) in [5.74, 6) is 0. The minimum absolute atomic E-state index is 0.104. The highest BCUT2D eigenvalue weighted by Crippen LogP contribution is 2.13. The lowest BCUT2D eigenvalue weighted by molar-refractivity contribution is -0.337. The predicted molar refractivity (Wildman–Crippen MR) is 121 cm³/mol. The van der Waals surface area contributed by atoms with Crippen molar-refractivity contribution in [1.29, 1.82) is 0 Å². The van der Waals surface area contributed by atoms with Crippen LogP contribution >= 0.6 is 0 Å². The number of rotatable bonds is 24. The van der Waals surface area contributed by atoms with E-state index in [4.69, 9.17) is 19.9 Å². The van der Waals surface area contributed by atoms with E-state index >= 15 is 0 Å². The van der Waals surface area contributed by atoms with Crippen LogP contribution in [0.15, 0.2) is 12.3 Å². The lowest BCUT2D eigenvalue weighted by Crippen LogP contribution is -2.20. The number of aliphatic hydroxyl groups excluding tert-OH is 2. The van der Waals surface area contributed by atoms with Crippen molar-refractivity contribution in [2.75, 3.05) is 26.4 Å². The fraction of sp³-hybridized carbons (Fsp3) is 0.917. The third-order valence-corrected chi connectivity index (χ3v) is 4.99. The molecule has 0 saturated heterocycles. The molecule has 0 unspecified atom stereocenters. The molecule has 0 atom stereocenters. The lowest BCUT2D eigenvalue weighted by atomic mass is 10.0. The number of unbranched alkanes of at least 4 members (excludes halogenated alkanes) is 14. The number of aliphatic hydroxyl groups is 2. The van der Waals surface area contributed by atoms with Crippen molar-refractivity contribution in [3.8, 4) is 0 Å². The predicted octanol–water partition coefficient (Wildman–Crippen LogP) is 6.30. The average Bonchev–Trinajstić information content (AvgIpc) is 2.73. The van der Waals surface area contributed by atoms with E-state index in [1.165, 1.54) is 95.1 Å². The maximum atomic E-state index is 8.83. The van der Waals surface area contributed by atoms with Gasteiger partial charge in [-0.15, -0.1) is 5.23 Å². The van der Waals surface area contributed by atoms with Gasteiger partial charge in [-0.2, -0.15) is 0 Å². The molecule has 0 bridgehead atoms. The van der Waals surface area contributed by atoms with Crippen LogP contribution < -0.4 is 0 Å². The number of allylic oxidation sites excluding steroid dienone is 1. The Balaban J connectivity index is 3.46. The zero-order chi connectivity index (χ0) is 21.3. The first kappa shape index (κ1) is 28.4. The van der Waals surface area contributed by atoms with Crippen LogP contribution in [0.3, 0.4) is 0 Å². The van der Waals surface area contributed by atoms with Crippen LogP contribution in [0, 0.1) is 0 Å². The zero-order valence-corrected chi connectivity index (χ0v) is 19.2. The second-order valence-electron chi connectivity index (χ2n) is 7.88. The molecule has 0 fully saturated rings. The first-order valence-corrected chi connectivity index (χ1v) is 12.3. The van der Waals surface area contributed by atoms with Crippen molar-refractivity contribution in [3.63, 3.8) is 0 Å². The second kappa shape index (κ2) is 25.4. The summed E-state index contributed by atoms with van der Waals surface area (Å²) in [4.78, 5) is 10.9. The van der Waals surface area contributed by atoms with Crippen molar-refractivity contribution in [3.05, 3.63) is 12.3 Å². The molecule has 0 amide bonds. The fourth-order valence-corrected chi connectivity index (χ4v) is 3.18. The molecule has 0 heterocycles. The van der Waals surface area contributed by atoms with E-state index in [0.717, 1.165) is 6.42 Å². The van der Waals surface area contributed by atoms with Gasteiger partial charge < -0.3 is 10.2 Å². The minimum Gasteiger partial charge on any atom is -0.396 e. The quantitative estimate of drug-likeness (QED) is 0.143. The molecule has 0 aliphatic heterocycles. The Hall–Kier alpha value is -0.620. The second-order valence-corrected chi connectivity index (χ2v) is 7.88. The number of hydrogen-bond donors (Lipinski definition) is 2. The molecule has 2 N–H and O–H groups in total. The molecule has 0 aromatic rings. The summed E-state index contributed by atoms with van der Waals surface area (Å²) in [5, 5.41) is 19.0. The molecular formula is C24H49NO4. The minimum atomic E-state index is 0.104. The largest absolute Gasteiger partial charge is 0.396 e. The van der Waals surface area contributed by atoms with E-state index in [9.17, 15) is 0 Å². The van der Waals surface area contributed by atoms with Crippen LogP contribution in [0.2, 0.25) is 0 Å². The molecule has 5 nitrogen and oxygen atoms in total. The molecule has 0 spiro atoms. The molecule has 0 radical (unpaired) electrons. The Labute approximate surface area is 180 Å². The number of nitrogens with zero attached hydrogens (tertiary/aromatic N) is 1. The van der Waals surface area contributed by atoms with Crippen molar-refractivity contribution < 1.29 is 19.9 Å². The van der Waals surface area contributed by atoms with Gasteiger partial charge in [-0.3, -0.25) is 0 Å². The van der Waals surface area contributed by atoms with Gasteiger partial charge in [-0.1, -0.05) is 96.5 Å². The molecule has 0 aliphatic rings. The Morgan fingerprint density at radius 3 is 1.41 bits per heavy atom. The van der Waals surface area contributed by atoms with Crippen LogP contribution in [0.4, 0.5) is 0 Å². The van der Waals surface area contributed by atoms with Gasteiger partial charge in [0.15, 0.2) is 0 Å². The summed E-state index contributed by atoms with van der Waals surface area (Å²) in [6.07, 6.45) is 25.3. The fourth-order valence-electron chi connectivity index (χ4n) is 3.18. The average molecular weight is 416 g/mol. The lowest BCUT2D eigenvalue weighted by Gasteiger charge is -2.18. The van der Waals surface area contributed by atoms with Gasteiger partial charge in [0.1, 0.15) is 0 Å². The van der Waals surface area contributed by atoms with Gasteiger partial charge in [0.2, 0.25) is 0 Å². The summed E-state index contributed by atoms with van der Waals surface area (Å²) in [5.41, 5.74) is 0. The van der Waals surface area contributed by atoms with Crippen molar-refractivity contribution in [2.45, 2.75) is 116 Å². The van der Waals surface area contributed by atoms with Gasteiger partial charge in [-0.25, -0.2) is 9.68 Å². The van der Waals surface area contributed by atoms with Crippen molar-refractivity contribution in [1.82, 2.24) is 5.23 Å². The Morgan fingerprint density at radius 2 is 1.00 bits per heavy atom. The van der Waals surface area contributed by atoms with Crippen LogP contribution in [-0.2, 0) is 9.68 Å². The topological polar surface area (TPSA) is 62.2 Å². The summed E-state index contributed by atoms with van der Waals surface area (Å²) < 4.78 is 0. The third kappa shape index (κ3) is 23.5. The zero-order valence-electron chi connectivity index (χ0n) is 19.2. The highest BCUT2D eigenvalue weighted by molar-refractivity contribution is 4.76. The van der Waals surface area contributed by atoms with Crippen LogP contribution in [0.25, 0.3) is 0 Å². The van der Waals surface area contributed by atoms with Crippen LogP contribution in [-0.4, -0.2) is 41.9 Å². The SMILES string of the molecule is CCCCCCCCCCCCCCCCC=CN(OCCCO)OCCCO. The molecule has 29 heavy (non-hydrogen) atoms. The normalized spacial score (nSPS) is 11.6. The molecule has 0 aromatic heterocycles. The molecule has 0 saturated carbocycles. The van der Waals surface area contributed by atoms with Gasteiger partial charge in [0.25, 0.3) is 0 Å². The summed E-state index contributed by atoms with van der Waals surface area (Å²) in [6, 6.07) is 0. The molecule has 174 valence electrons. The van der Waals surface area contributed by atoms with Gasteiger partial charge in [0, 0.05) is 13.2 Å². The molecule has 0 aliphatic carbocycles. The van der Waals surface area contributed by atoms with Gasteiger partial charge >= 0.3 is 0 Å². The standard InChI is InChI=1S/C24H49NO4/c1-2-3-4-5-6-7-8-9-10-11-12-13-14-15-16-17-20-25(28-23-18-21-26)29-24-19-22-27/h17,20,26-27H,2-16,18-19,21-24H2,1H3. The highest BCUT2D eigenvalue weighted by atomic mass is 16.9. The van der Waals surface area contributed by atoms with Gasteiger partial charge in [0.05, 0.1) is 19.4 Å². The highest BCUT2D eigenvalue weighted by Gasteiger charge is 2.00. The first-order valence-electron chi connectivity index (χ1n) is 12.3. The van der Waals surface area contributed by atoms with Crippen molar-refractivity contribution in [2.24, 2.45) is 0 Å². The van der Waals surface area contributed by atoms with E-state index in [-0.39, 0.29) is 13.2 Å². The van der Waals surface area contributed by atoms with Crippen LogP contribution in [0.5, 0.6) is 0 Å². The maximum absolute atomic E-state index is 8.83. The van der Waals surface area contributed by atoms with E-state index in [1.807, 2.05) is 0 Å². The molecule has 5 heteroatoms. The molecule has 0 aromatic carbocycles. The summed E-state index contributed by atoms with van der Waals surface area (Å²) in [6.45, 7) is 3.32. The monoisotopic (exact) mass is 415 g/mol.